The highest BCUT2D eigenvalue weighted by molar-refractivity contribution is 9.10. The Bertz CT molecular complexity index is 983. The number of carbonyl (C=O) groups is 2. The normalized spacial score (nSPS) is 15.4. The van der Waals surface area contributed by atoms with Crippen LogP contribution in [-0.4, -0.2) is 36.3 Å². The lowest BCUT2D eigenvalue weighted by Crippen LogP contribution is -2.31. The molecule has 0 radical (unpaired) electrons. The van der Waals surface area contributed by atoms with Gasteiger partial charge in [0.1, 0.15) is 12.4 Å². The number of nitrogens with zero attached hydrogens (tertiary/aromatic N) is 1. The fourth-order valence-electron chi connectivity index (χ4n) is 2.57. The first-order chi connectivity index (χ1) is 13.9. The van der Waals surface area contributed by atoms with E-state index in [9.17, 15) is 9.59 Å². The average Bonchev–Trinajstić information content (AvgIpc) is 2.93. The standard InChI is InChI=1S/C20H16BrCl2NO4S/c1-27-7-6-24-19(25)18(29-20(24)26)9-13-8-14(21)3-5-17(13)28-11-12-2-4-15(22)10-16(12)23/h2-5,8-10H,6-7,11H2,1H3/b18-9+. The van der Waals surface area contributed by atoms with E-state index in [0.717, 1.165) is 21.8 Å². The van der Waals surface area contributed by atoms with Gasteiger partial charge in [-0.3, -0.25) is 14.5 Å². The van der Waals surface area contributed by atoms with Gasteiger partial charge in [0.2, 0.25) is 0 Å². The van der Waals surface area contributed by atoms with E-state index in [1.54, 1.807) is 30.3 Å². The molecule has 1 heterocycles. The molecular formula is C20H16BrCl2NO4S. The maximum Gasteiger partial charge on any atom is 0.293 e. The van der Waals surface area contributed by atoms with Crippen LogP contribution in [0.25, 0.3) is 6.08 Å². The second-order valence-electron chi connectivity index (χ2n) is 6.03. The van der Waals surface area contributed by atoms with Crippen molar-refractivity contribution in [1.29, 1.82) is 0 Å². The first-order valence-corrected chi connectivity index (χ1v) is 10.9. The zero-order valence-electron chi connectivity index (χ0n) is 15.3. The van der Waals surface area contributed by atoms with Crippen molar-refractivity contribution in [3.05, 3.63) is 66.9 Å². The first kappa shape index (κ1) is 22.2. The summed E-state index contributed by atoms with van der Waals surface area (Å²) in [6, 6.07) is 10.6. The van der Waals surface area contributed by atoms with Crippen molar-refractivity contribution in [3.63, 3.8) is 0 Å². The van der Waals surface area contributed by atoms with Gasteiger partial charge >= 0.3 is 0 Å². The van der Waals surface area contributed by atoms with Crippen molar-refractivity contribution < 1.29 is 19.1 Å². The van der Waals surface area contributed by atoms with E-state index < -0.39 is 0 Å². The van der Waals surface area contributed by atoms with Crippen molar-refractivity contribution in [2.24, 2.45) is 0 Å². The Morgan fingerprint density at radius 3 is 2.69 bits per heavy atom. The number of rotatable bonds is 7. The maximum atomic E-state index is 12.6. The second-order valence-corrected chi connectivity index (χ2v) is 8.79. The summed E-state index contributed by atoms with van der Waals surface area (Å²) in [5, 5.41) is 0.742. The summed E-state index contributed by atoms with van der Waals surface area (Å²) in [7, 11) is 1.52. The third kappa shape index (κ3) is 5.55. The van der Waals surface area contributed by atoms with E-state index >= 15 is 0 Å². The minimum Gasteiger partial charge on any atom is -0.488 e. The lowest BCUT2D eigenvalue weighted by atomic mass is 10.1. The summed E-state index contributed by atoms with van der Waals surface area (Å²) in [6.07, 6.45) is 1.65. The number of hydrogen-bond acceptors (Lipinski definition) is 5. The third-order valence-corrected chi connectivity index (χ3v) is 6.04. The Morgan fingerprint density at radius 2 is 1.97 bits per heavy atom. The number of imide groups is 1. The zero-order valence-corrected chi connectivity index (χ0v) is 19.2. The van der Waals surface area contributed by atoms with Gasteiger partial charge in [0.15, 0.2) is 0 Å². The van der Waals surface area contributed by atoms with E-state index in [4.69, 9.17) is 32.7 Å². The lowest BCUT2D eigenvalue weighted by Gasteiger charge is -2.12. The quantitative estimate of drug-likeness (QED) is 0.421. The second kappa shape index (κ2) is 10.00. The molecular weight excluding hydrogens is 501 g/mol. The molecule has 9 heteroatoms. The van der Waals surface area contributed by atoms with Crippen LogP contribution < -0.4 is 4.74 Å². The Morgan fingerprint density at radius 1 is 1.17 bits per heavy atom. The zero-order chi connectivity index (χ0) is 21.0. The van der Waals surface area contributed by atoms with Gasteiger partial charge in [-0.15, -0.1) is 0 Å². The highest BCUT2D eigenvalue weighted by atomic mass is 79.9. The molecule has 152 valence electrons. The van der Waals surface area contributed by atoms with E-state index in [1.165, 1.54) is 12.0 Å². The van der Waals surface area contributed by atoms with Gasteiger partial charge in [0.25, 0.3) is 11.1 Å². The van der Waals surface area contributed by atoms with E-state index in [1.807, 2.05) is 12.1 Å². The van der Waals surface area contributed by atoms with Gasteiger partial charge < -0.3 is 9.47 Å². The molecule has 5 nitrogen and oxygen atoms in total. The van der Waals surface area contributed by atoms with Crippen LogP contribution >= 0.6 is 50.9 Å². The predicted molar refractivity (Wildman–Crippen MR) is 119 cm³/mol. The molecule has 0 spiro atoms. The molecule has 2 amide bonds. The molecule has 0 unspecified atom stereocenters. The largest absolute Gasteiger partial charge is 0.488 e. The molecule has 1 saturated heterocycles. The lowest BCUT2D eigenvalue weighted by molar-refractivity contribution is -0.123. The summed E-state index contributed by atoms with van der Waals surface area (Å²) in [5.41, 5.74) is 1.45. The van der Waals surface area contributed by atoms with E-state index in [0.29, 0.717) is 32.9 Å². The summed E-state index contributed by atoms with van der Waals surface area (Å²) in [4.78, 5) is 26.2. The number of thioether (sulfide) groups is 1. The minimum atomic E-state index is -0.344. The maximum absolute atomic E-state index is 12.6. The van der Waals surface area contributed by atoms with Gasteiger partial charge in [-0.25, -0.2) is 0 Å². The molecule has 0 aliphatic carbocycles. The third-order valence-electron chi connectivity index (χ3n) is 4.05. The molecule has 1 aliphatic rings. The Balaban J connectivity index is 1.83. The number of hydrogen-bond donors (Lipinski definition) is 0. The molecule has 0 saturated carbocycles. The van der Waals surface area contributed by atoms with Crippen molar-refractivity contribution in [2.45, 2.75) is 6.61 Å². The molecule has 29 heavy (non-hydrogen) atoms. The van der Waals surface area contributed by atoms with Crippen molar-refractivity contribution in [1.82, 2.24) is 4.90 Å². The van der Waals surface area contributed by atoms with Gasteiger partial charge in [0.05, 0.1) is 18.1 Å². The van der Waals surface area contributed by atoms with Crippen molar-refractivity contribution in [2.75, 3.05) is 20.3 Å². The summed E-state index contributed by atoms with van der Waals surface area (Å²) in [6.45, 7) is 0.738. The van der Waals surface area contributed by atoms with Crippen LogP contribution in [0.1, 0.15) is 11.1 Å². The van der Waals surface area contributed by atoms with Crippen LogP contribution in [-0.2, 0) is 16.1 Å². The summed E-state index contributed by atoms with van der Waals surface area (Å²) in [5.74, 6) is 0.214. The monoisotopic (exact) mass is 515 g/mol. The highest BCUT2D eigenvalue weighted by Crippen LogP contribution is 2.35. The Hall–Kier alpha value is -1.51. The van der Waals surface area contributed by atoms with Crippen LogP contribution in [0.5, 0.6) is 5.75 Å². The van der Waals surface area contributed by atoms with Gasteiger partial charge in [0, 0.05) is 32.8 Å². The Kier molecular flexibility index (Phi) is 7.65. The molecule has 0 aromatic heterocycles. The molecule has 1 fully saturated rings. The summed E-state index contributed by atoms with van der Waals surface area (Å²) < 4.78 is 11.7. The van der Waals surface area contributed by atoms with Crippen LogP contribution in [0.2, 0.25) is 10.0 Å². The number of amides is 2. The van der Waals surface area contributed by atoms with Crippen LogP contribution in [0.4, 0.5) is 4.79 Å². The van der Waals surface area contributed by atoms with Crippen LogP contribution in [0.15, 0.2) is 45.8 Å². The summed E-state index contributed by atoms with van der Waals surface area (Å²) >= 11 is 16.5. The van der Waals surface area contributed by atoms with Gasteiger partial charge in [-0.2, -0.15) is 0 Å². The van der Waals surface area contributed by atoms with E-state index in [2.05, 4.69) is 15.9 Å². The molecule has 2 aromatic carbocycles. The number of benzene rings is 2. The number of carbonyl (C=O) groups excluding carboxylic acids is 2. The molecule has 1 aliphatic heterocycles. The molecule has 0 bridgehead atoms. The van der Waals surface area contributed by atoms with E-state index in [-0.39, 0.29) is 24.3 Å². The molecule has 2 aromatic rings. The highest BCUT2D eigenvalue weighted by Gasteiger charge is 2.34. The number of methoxy groups -OCH3 is 1. The number of halogens is 3. The fourth-order valence-corrected chi connectivity index (χ4v) is 4.27. The Labute approximate surface area is 191 Å². The number of ether oxygens (including phenoxy) is 2. The molecule has 0 atom stereocenters. The minimum absolute atomic E-state index is 0.218. The molecule has 0 N–H and O–H groups in total. The topological polar surface area (TPSA) is 55.8 Å². The van der Waals surface area contributed by atoms with Gasteiger partial charge in [-0.05, 0) is 48.2 Å². The first-order valence-electron chi connectivity index (χ1n) is 8.49. The van der Waals surface area contributed by atoms with Crippen LogP contribution in [0.3, 0.4) is 0 Å². The predicted octanol–water partition coefficient (Wildman–Crippen LogP) is 6.02. The van der Waals surface area contributed by atoms with Gasteiger partial charge in [-0.1, -0.05) is 45.2 Å². The van der Waals surface area contributed by atoms with Crippen molar-refractivity contribution >= 4 is 68.1 Å². The van der Waals surface area contributed by atoms with Crippen molar-refractivity contribution in [3.8, 4) is 5.75 Å². The SMILES string of the molecule is COCCN1C(=O)S/C(=C/c2cc(Br)ccc2OCc2ccc(Cl)cc2Cl)C1=O. The smallest absolute Gasteiger partial charge is 0.293 e. The van der Waals surface area contributed by atoms with Crippen LogP contribution in [0, 0.1) is 0 Å². The molecule has 3 rings (SSSR count). The average molecular weight is 517 g/mol. The fraction of sp³-hybridized carbons (Fsp3) is 0.200.